The number of nitrogens with zero attached hydrogens (tertiary/aromatic N) is 3. The molecule has 140 valence electrons. The third-order valence-corrected chi connectivity index (χ3v) is 4.33. The Hall–Kier alpha value is -2.90. The molecule has 0 spiro atoms. The van der Waals surface area contributed by atoms with E-state index in [1.165, 1.54) is 4.57 Å². The molecule has 8 heteroatoms. The summed E-state index contributed by atoms with van der Waals surface area (Å²) in [6, 6.07) is 12.1. The molecule has 3 rings (SSSR count). The van der Waals surface area contributed by atoms with Crippen LogP contribution in [0, 0.1) is 6.92 Å². The number of aliphatic hydroxyl groups is 1. The normalized spacial score (nSPS) is 12.6. The lowest BCUT2D eigenvalue weighted by Gasteiger charge is -2.13. The van der Waals surface area contributed by atoms with Crippen LogP contribution in [-0.4, -0.2) is 26.8 Å². The van der Waals surface area contributed by atoms with E-state index in [4.69, 9.17) is 16.3 Å². The molecule has 0 saturated heterocycles. The number of aromatic nitrogens is 1. The first-order valence-corrected chi connectivity index (χ1v) is 8.59. The fraction of sp³-hybridized carbons (Fsp3) is 0.211. The fourth-order valence-corrected chi connectivity index (χ4v) is 2.91. The number of carbonyl (C=O) groups is 1. The molecule has 27 heavy (non-hydrogen) atoms. The second kappa shape index (κ2) is 7.77. The SMILES string of the molecule is Cc1cc(Cl)ccc1O[C@H](C)C(=O)N=Nc1c(O)n(CO)c2ccccc12. The second-order valence-electron chi connectivity index (χ2n) is 5.97. The van der Waals surface area contributed by atoms with Gasteiger partial charge in [-0.1, -0.05) is 29.8 Å². The van der Waals surface area contributed by atoms with E-state index in [-0.39, 0.29) is 11.6 Å². The number of rotatable bonds is 5. The lowest BCUT2D eigenvalue weighted by molar-refractivity contribution is -0.124. The number of hydrogen-bond donors (Lipinski definition) is 2. The number of aromatic hydroxyl groups is 1. The van der Waals surface area contributed by atoms with E-state index in [2.05, 4.69) is 10.2 Å². The molecule has 3 aromatic rings. The first kappa shape index (κ1) is 18.9. The van der Waals surface area contributed by atoms with Gasteiger partial charge in [0, 0.05) is 10.4 Å². The number of benzene rings is 2. The zero-order valence-electron chi connectivity index (χ0n) is 14.8. The summed E-state index contributed by atoms with van der Waals surface area (Å²) in [7, 11) is 0. The third-order valence-electron chi connectivity index (χ3n) is 4.10. The predicted octanol–water partition coefficient (Wildman–Crippen LogP) is 4.34. The maximum absolute atomic E-state index is 12.3. The van der Waals surface area contributed by atoms with Gasteiger partial charge in [-0.05, 0) is 43.7 Å². The van der Waals surface area contributed by atoms with E-state index in [1.807, 2.05) is 6.92 Å². The number of aryl methyl sites for hydroxylation is 1. The average Bonchev–Trinajstić information content (AvgIpc) is 2.92. The highest BCUT2D eigenvalue weighted by Crippen LogP contribution is 2.38. The molecule has 0 saturated carbocycles. The van der Waals surface area contributed by atoms with Crippen LogP contribution in [0.4, 0.5) is 5.69 Å². The van der Waals surface area contributed by atoms with E-state index >= 15 is 0 Å². The Labute approximate surface area is 160 Å². The molecule has 0 unspecified atom stereocenters. The maximum atomic E-state index is 12.3. The van der Waals surface area contributed by atoms with Gasteiger partial charge in [0.2, 0.25) is 5.88 Å². The smallest absolute Gasteiger partial charge is 0.304 e. The molecule has 0 aliphatic heterocycles. The molecule has 1 amide bonds. The molecule has 2 aromatic carbocycles. The Bertz CT molecular complexity index is 1030. The third kappa shape index (κ3) is 3.79. The summed E-state index contributed by atoms with van der Waals surface area (Å²) in [6.45, 7) is 2.96. The van der Waals surface area contributed by atoms with E-state index in [0.717, 1.165) is 5.56 Å². The lowest BCUT2D eigenvalue weighted by atomic mass is 10.2. The van der Waals surface area contributed by atoms with E-state index in [9.17, 15) is 15.0 Å². The topological polar surface area (TPSA) is 96.4 Å². The van der Waals surface area contributed by atoms with Crippen molar-refractivity contribution < 1.29 is 19.7 Å². The molecule has 0 fully saturated rings. The van der Waals surface area contributed by atoms with Crippen LogP contribution in [0.25, 0.3) is 10.9 Å². The minimum absolute atomic E-state index is 0.114. The minimum atomic E-state index is -0.873. The van der Waals surface area contributed by atoms with Gasteiger partial charge in [-0.3, -0.25) is 9.36 Å². The van der Waals surface area contributed by atoms with Crippen LogP contribution in [0.15, 0.2) is 52.7 Å². The summed E-state index contributed by atoms with van der Waals surface area (Å²) in [5.41, 5.74) is 1.49. The zero-order chi connectivity index (χ0) is 19.6. The van der Waals surface area contributed by atoms with Crippen LogP contribution in [0.2, 0.25) is 5.02 Å². The average molecular weight is 388 g/mol. The van der Waals surface area contributed by atoms with Crippen molar-refractivity contribution in [1.29, 1.82) is 0 Å². The Morgan fingerprint density at radius 1 is 1.30 bits per heavy atom. The number of hydrogen-bond acceptors (Lipinski definition) is 5. The number of amides is 1. The number of ether oxygens (including phenoxy) is 1. The number of fused-ring (bicyclic) bond motifs is 1. The summed E-state index contributed by atoms with van der Waals surface area (Å²) < 4.78 is 6.89. The van der Waals surface area contributed by atoms with Gasteiger partial charge < -0.3 is 14.9 Å². The highest BCUT2D eigenvalue weighted by Gasteiger charge is 2.18. The summed E-state index contributed by atoms with van der Waals surface area (Å²) in [6.07, 6.45) is -0.873. The van der Waals surface area contributed by atoms with Crippen LogP contribution < -0.4 is 4.74 Å². The number of halogens is 1. The lowest BCUT2D eigenvalue weighted by Crippen LogP contribution is -2.21. The molecule has 0 radical (unpaired) electrons. The number of aliphatic hydroxyl groups excluding tert-OH is 1. The van der Waals surface area contributed by atoms with Gasteiger partial charge in [0.05, 0.1) is 5.52 Å². The van der Waals surface area contributed by atoms with Crippen LogP contribution in [0.1, 0.15) is 12.5 Å². The van der Waals surface area contributed by atoms with Crippen molar-refractivity contribution >= 4 is 34.1 Å². The van der Waals surface area contributed by atoms with E-state index < -0.39 is 18.7 Å². The van der Waals surface area contributed by atoms with Gasteiger partial charge in [0.25, 0.3) is 0 Å². The van der Waals surface area contributed by atoms with Crippen LogP contribution in [0.5, 0.6) is 11.6 Å². The Morgan fingerprint density at radius 3 is 2.74 bits per heavy atom. The summed E-state index contributed by atoms with van der Waals surface area (Å²) in [5.74, 6) is -0.350. The Morgan fingerprint density at radius 2 is 2.04 bits per heavy atom. The molecule has 7 nitrogen and oxygen atoms in total. The number of para-hydroxylation sites is 1. The molecule has 1 heterocycles. The minimum Gasteiger partial charge on any atom is -0.493 e. The largest absolute Gasteiger partial charge is 0.493 e. The molecule has 0 bridgehead atoms. The second-order valence-corrected chi connectivity index (χ2v) is 6.40. The van der Waals surface area contributed by atoms with Gasteiger partial charge in [0.15, 0.2) is 11.8 Å². The predicted molar refractivity (Wildman–Crippen MR) is 102 cm³/mol. The van der Waals surface area contributed by atoms with E-state index in [0.29, 0.717) is 21.7 Å². The first-order valence-electron chi connectivity index (χ1n) is 8.21. The van der Waals surface area contributed by atoms with Crippen molar-refractivity contribution in [2.75, 3.05) is 0 Å². The molecular formula is C19H18ClN3O4. The Balaban J connectivity index is 1.82. The van der Waals surface area contributed by atoms with Crippen molar-refractivity contribution in [3.63, 3.8) is 0 Å². The number of azo groups is 1. The Kier molecular flexibility index (Phi) is 5.43. The van der Waals surface area contributed by atoms with E-state index in [1.54, 1.807) is 49.4 Å². The van der Waals surface area contributed by atoms with Gasteiger partial charge in [-0.25, -0.2) is 0 Å². The summed E-state index contributed by atoms with van der Waals surface area (Å²) in [4.78, 5) is 12.3. The summed E-state index contributed by atoms with van der Waals surface area (Å²) >= 11 is 5.91. The van der Waals surface area contributed by atoms with Crippen molar-refractivity contribution in [2.24, 2.45) is 10.2 Å². The summed E-state index contributed by atoms with van der Waals surface area (Å²) in [5, 5.41) is 28.4. The quantitative estimate of drug-likeness (QED) is 0.636. The van der Waals surface area contributed by atoms with Crippen LogP contribution >= 0.6 is 11.6 Å². The standard InChI is InChI=1S/C19H18ClN3O4/c1-11-9-13(20)7-8-16(11)27-12(2)18(25)22-21-17-14-5-3-4-6-15(14)23(10-24)19(17)26/h3-9,12,24,26H,10H2,1-2H3/t12-/m1/s1. The zero-order valence-corrected chi connectivity index (χ0v) is 15.5. The van der Waals surface area contributed by atoms with Crippen molar-refractivity contribution in [1.82, 2.24) is 4.57 Å². The van der Waals surface area contributed by atoms with Crippen LogP contribution in [0.3, 0.4) is 0 Å². The monoisotopic (exact) mass is 387 g/mol. The number of carbonyl (C=O) groups excluding carboxylic acids is 1. The van der Waals surface area contributed by atoms with Crippen molar-refractivity contribution in [3.05, 3.63) is 53.1 Å². The van der Waals surface area contributed by atoms with Gasteiger partial charge in [-0.2, -0.15) is 0 Å². The molecule has 0 aliphatic rings. The van der Waals surface area contributed by atoms with Gasteiger partial charge in [0.1, 0.15) is 12.5 Å². The molecule has 2 N–H and O–H groups in total. The highest BCUT2D eigenvalue weighted by molar-refractivity contribution is 6.30. The molecule has 1 aromatic heterocycles. The van der Waals surface area contributed by atoms with Crippen molar-refractivity contribution in [2.45, 2.75) is 26.7 Å². The molecule has 0 aliphatic carbocycles. The maximum Gasteiger partial charge on any atom is 0.304 e. The highest BCUT2D eigenvalue weighted by atomic mass is 35.5. The fourth-order valence-electron chi connectivity index (χ4n) is 2.68. The first-order chi connectivity index (χ1) is 12.9. The molecule has 1 atom stereocenters. The van der Waals surface area contributed by atoms with Gasteiger partial charge in [-0.15, -0.1) is 10.2 Å². The van der Waals surface area contributed by atoms with Crippen LogP contribution in [-0.2, 0) is 11.5 Å². The van der Waals surface area contributed by atoms with Crippen molar-refractivity contribution in [3.8, 4) is 11.6 Å². The van der Waals surface area contributed by atoms with Gasteiger partial charge >= 0.3 is 5.91 Å². The molecular weight excluding hydrogens is 370 g/mol.